The van der Waals surface area contributed by atoms with E-state index in [0.717, 1.165) is 22.6 Å². The highest BCUT2D eigenvalue weighted by Crippen LogP contribution is 2.17. The second-order valence-electron chi connectivity index (χ2n) is 5.07. The van der Waals surface area contributed by atoms with E-state index in [1.807, 2.05) is 62.4 Å². The molecule has 0 aliphatic rings. The molecule has 0 radical (unpaired) electrons. The monoisotopic (exact) mass is 328 g/mol. The SMILES string of the molecule is CCOc1cccc(NC(=S)NC(=O)Cc2ccccc2C)c1. The third-order valence-corrected chi connectivity index (χ3v) is 3.47. The van der Waals surface area contributed by atoms with Gasteiger partial charge in [-0.15, -0.1) is 0 Å². The topological polar surface area (TPSA) is 50.4 Å². The average Bonchev–Trinajstić information content (AvgIpc) is 2.50. The molecular formula is C18H20N2O2S. The summed E-state index contributed by atoms with van der Waals surface area (Å²) in [6.07, 6.45) is 0.299. The molecule has 2 rings (SSSR count). The van der Waals surface area contributed by atoms with E-state index >= 15 is 0 Å². The van der Waals surface area contributed by atoms with Gasteiger partial charge in [-0.2, -0.15) is 0 Å². The Morgan fingerprint density at radius 2 is 1.96 bits per heavy atom. The molecule has 120 valence electrons. The Kier molecular flexibility index (Phi) is 6.11. The van der Waals surface area contributed by atoms with E-state index in [1.165, 1.54) is 0 Å². The van der Waals surface area contributed by atoms with Crippen LogP contribution in [0.15, 0.2) is 48.5 Å². The molecule has 2 N–H and O–H groups in total. The smallest absolute Gasteiger partial charge is 0.230 e. The van der Waals surface area contributed by atoms with Crippen LogP contribution in [0, 0.1) is 6.92 Å². The Balaban J connectivity index is 1.90. The minimum atomic E-state index is -0.141. The van der Waals surface area contributed by atoms with E-state index in [0.29, 0.717) is 13.0 Å². The zero-order chi connectivity index (χ0) is 16.7. The number of amides is 1. The zero-order valence-corrected chi connectivity index (χ0v) is 14.1. The van der Waals surface area contributed by atoms with Crippen molar-refractivity contribution in [2.24, 2.45) is 0 Å². The number of ether oxygens (including phenoxy) is 1. The highest BCUT2D eigenvalue weighted by atomic mass is 32.1. The fourth-order valence-corrected chi connectivity index (χ4v) is 2.38. The number of carbonyl (C=O) groups is 1. The first-order valence-electron chi connectivity index (χ1n) is 7.46. The molecular weight excluding hydrogens is 308 g/mol. The quantitative estimate of drug-likeness (QED) is 0.826. The van der Waals surface area contributed by atoms with Gasteiger partial charge in [0.1, 0.15) is 5.75 Å². The first-order chi connectivity index (χ1) is 11.1. The second-order valence-corrected chi connectivity index (χ2v) is 5.47. The highest BCUT2D eigenvalue weighted by Gasteiger charge is 2.08. The molecule has 0 aliphatic carbocycles. The lowest BCUT2D eigenvalue weighted by atomic mass is 10.1. The molecule has 0 heterocycles. The van der Waals surface area contributed by atoms with Crippen LogP contribution in [0.25, 0.3) is 0 Å². The number of anilines is 1. The van der Waals surface area contributed by atoms with Gasteiger partial charge in [-0.1, -0.05) is 30.3 Å². The molecule has 0 saturated carbocycles. The van der Waals surface area contributed by atoms with Crippen LogP contribution in [0.3, 0.4) is 0 Å². The van der Waals surface area contributed by atoms with Crippen LogP contribution >= 0.6 is 12.2 Å². The number of nitrogens with one attached hydrogen (secondary N) is 2. The first-order valence-corrected chi connectivity index (χ1v) is 7.87. The highest BCUT2D eigenvalue weighted by molar-refractivity contribution is 7.80. The Labute approximate surface area is 141 Å². The van der Waals surface area contributed by atoms with Crippen LogP contribution in [-0.2, 0) is 11.2 Å². The third kappa shape index (κ3) is 5.38. The van der Waals surface area contributed by atoms with E-state index in [9.17, 15) is 4.79 Å². The second kappa shape index (κ2) is 8.29. The number of rotatable bonds is 5. The predicted octanol–water partition coefficient (Wildman–Crippen LogP) is 3.45. The standard InChI is InChI=1S/C18H20N2O2S/c1-3-22-16-10-6-9-15(12-16)19-18(23)20-17(21)11-14-8-5-4-7-13(14)2/h4-10,12H,3,11H2,1-2H3,(H2,19,20,21,23). The minimum absolute atomic E-state index is 0.141. The summed E-state index contributed by atoms with van der Waals surface area (Å²) in [5.41, 5.74) is 2.86. The number of benzene rings is 2. The van der Waals surface area contributed by atoms with Crippen molar-refractivity contribution in [1.82, 2.24) is 5.32 Å². The third-order valence-electron chi connectivity index (χ3n) is 3.27. The van der Waals surface area contributed by atoms with Crippen molar-refractivity contribution < 1.29 is 9.53 Å². The van der Waals surface area contributed by atoms with Crippen LogP contribution in [0.1, 0.15) is 18.1 Å². The van der Waals surface area contributed by atoms with Crippen LogP contribution < -0.4 is 15.4 Å². The molecule has 0 aromatic heterocycles. The van der Waals surface area contributed by atoms with Gasteiger partial charge in [0, 0.05) is 11.8 Å². The summed E-state index contributed by atoms with van der Waals surface area (Å²) in [5, 5.41) is 5.96. The summed E-state index contributed by atoms with van der Waals surface area (Å²) < 4.78 is 5.43. The molecule has 0 bridgehead atoms. The Hall–Kier alpha value is -2.40. The number of thiocarbonyl (C=S) groups is 1. The Morgan fingerprint density at radius 1 is 1.17 bits per heavy atom. The zero-order valence-electron chi connectivity index (χ0n) is 13.3. The van der Waals surface area contributed by atoms with E-state index < -0.39 is 0 Å². The Morgan fingerprint density at radius 3 is 2.70 bits per heavy atom. The molecule has 0 unspecified atom stereocenters. The molecule has 0 aliphatic heterocycles. The molecule has 2 aromatic carbocycles. The normalized spacial score (nSPS) is 10.0. The first kappa shape index (κ1) is 17.0. The van der Waals surface area contributed by atoms with Gasteiger partial charge in [0.15, 0.2) is 5.11 Å². The molecule has 23 heavy (non-hydrogen) atoms. The molecule has 0 fully saturated rings. The van der Waals surface area contributed by atoms with Gasteiger partial charge in [-0.05, 0) is 49.3 Å². The predicted molar refractivity (Wildman–Crippen MR) is 96.9 cm³/mol. The maximum atomic E-state index is 12.1. The van der Waals surface area contributed by atoms with Crippen molar-refractivity contribution in [2.45, 2.75) is 20.3 Å². The van der Waals surface area contributed by atoms with Crippen LogP contribution in [0.4, 0.5) is 5.69 Å². The Bertz CT molecular complexity index is 701. The number of hydrogen-bond donors (Lipinski definition) is 2. The summed E-state index contributed by atoms with van der Waals surface area (Å²) in [7, 11) is 0. The molecule has 5 heteroatoms. The fraction of sp³-hybridized carbons (Fsp3) is 0.222. The number of carbonyl (C=O) groups excluding carboxylic acids is 1. The lowest BCUT2D eigenvalue weighted by molar-refractivity contribution is -0.119. The van der Waals surface area contributed by atoms with Crippen molar-refractivity contribution in [3.8, 4) is 5.75 Å². The van der Waals surface area contributed by atoms with Crippen LogP contribution in [-0.4, -0.2) is 17.6 Å². The van der Waals surface area contributed by atoms with E-state index in [4.69, 9.17) is 17.0 Å². The van der Waals surface area contributed by atoms with E-state index in [1.54, 1.807) is 0 Å². The largest absolute Gasteiger partial charge is 0.494 e. The van der Waals surface area contributed by atoms with Gasteiger partial charge < -0.3 is 15.4 Å². The van der Waals surface area contributed by atoms with Crippen LogP contribution in [0.5, 0.6) is 5.75 Å². The summed E-state index contributed by atoms with van der Waals surface area (Å²) in [5.74, 6) is 0.615. The van der Waals surface area contributed by atoms with Crippen molar-refractivity contribution in [3.63, 3.8) is 0 Å². The van der Waals surface area contributed by atoms with Crippen molar-refractivity contribution in [1.29, 1.82) is 0 Å². The van der Waals surface area contributed by atoms with Gasteiger partial charge in [0.2, 0.25) is 5.91 Å². The molecule has 2 aromatic rings. The van der Waals surface area contributed by atoms with Crippen molar-refractivity contribution >= 4 is 28.9 Å². The molecule has 0 atom stereocenters. The van der Waals surface area contributed by atoms with Gasteiger partial charge in [-0.25, -0.2) is 0 Å². The molecule has 0 spiro atoms. The molecule has 0 saturated heterocycles. The van der Waals surface area contributed by atoms with Gasteiger partial charge in [0.05, 0.1) is 13.0 Å². The van der Waals surface area contributed by atoms with E-state index in [-0.39, 0.29) is 11.0 Å². The number of aryl methyl sites for hydroxylation is 1. The van der Waals surface area contributed by atoms with Crippen LogP contribution in [0.2, 0.25) is 0 Å². The van der Waals surface area contributed by atoms with Crippen molar-refractivity contribution in [2.75, 3.05) is 11.9 Å². The van der Waals surface area contributed by atoms with E-state index in [2.05, 4.69) is 10.6 Å². The maximum absolute atomic E-state index is 12.1. The van der Waals surface area contributed by atoms with Gasteiger partial charge in [0.25, 0.3) is 0 Å². The number of hydrogen-bond acceptors (Lipinski definition) is 3. The lowest BCUT2D eigenvalue weighted by Gasteiger charge is -2.11. The van der Waals surface area contributed by atoms with Gasteiger partial charge in [-0.3, -0.25) is 4.79 Å². The summed E-state index contributed by atoms with van der Waals surface area (Å²) in [6, 6.07) is 15.2. The molecule has 4 nitrogen and oxygen atoms in total. The molecule has 1 amide bonds. The average molecular weight is 328 g/mol. The fourth-order valence-electron chi connectivity index (χ4n) is 2.14. The van der Waals surface area contributed by atoms with Crippen molar-refractivity contribution in [3.05, 3.63) is 59.7 Å². The minimum Gasteiger partial charge on any atom is -0.494 e. The van der Waals surface area contributed by atoms with Gasteiger partial charge >= 0.3 is 0 Å². The summed E-state index contributed by atoms with van der Waals surface area (Å²) >= 11 is 5.19. The summed E-state index contributed by atoms with van der Waals surface area (Å²) in [4.78, 5) is 12.1. The maximum Gasteiger partial charge on any atom is 0.230 e. The lowest BCUT2D eigenvalue weighted by Crippen LogP contribution is -2.35. The summed E-state index contributed by atoms with van der Waals surface area (Å²) in [6.45, 7) is 4.51.